The molecule has 0 saturated carbocycles. The van der Waals surface area contributed by atoms with Crippen LogP contribution in [0.1, 0.15) is 54.4 Å². The number of alkyl carbamates (subject to hydrolysis) is 1. The molecule has 1 atom stereocenters. The van der Waals surface area contributed by atoms with Crippen molar-refractivity contribution in [2.45, 2.75) is 71.6 Å². The van der Waals surface area contributed by atoms with Gasteiger partial charge in [0.2, 0.25) is 0 Å². The topological polar surface area (TPSA) is 115 Å². The van der Waals surface area contributed by atoms with Crippen molar-refractivity contribution in [2.24, 2.45) is 5.84 Å². The molecule has 9 heteroatoms. The molecule has 0 heterocycles. The Bertz CT molecular complexity index is 444. The molecule has 1 amide bonds. The molecule has 0 fully saturated rings. The Kier molecular flexibility index (Phi) is 8.98. The molecule has 0 aliphatic rings. The highest BCUT2D eigenvalue weighted by Gasteiger charge is 2.28. The van der Waals surface area contributed by atoms with Crippen molar-refractivity contribution in [1.29, 1.82) is 0 Å². The number of ether oxygens (including phenoxy) is 2. The summed E-state index contributed by atoms with van der Waals surface area (Å²) in [5.74, 6) is 4.65. The molecular weight excluding hydrogens is 332 g/mol. The molecule has 0 aromatic rings. The second kappa shape index (κ2) is 9.63. The van der Waals surface area contributed by atoms with E-state index in [0.29, 0.717) is 24.5 Å². The Labute approximate surface area is 149 Å². The van der Waals surface area contributed by atoms with E-state index in [0.717, 1.165) is 0 Å². The fourth-order valence-corrected chi connectivity index (χ4v) is 1.73. The zero-order valence-corrected chi connectivity index (χ0v) is 16.1. The van der Waals surface area contributed by atoms with Gasteiger partial charge >= 0.3 is 12.1 Å². The van der Waals surface area contributed by atoms with Crippen LogP contribution in [0.15, 0.2) is 0 Å². The first kappa shape index (κ1) is 22.4. The molecule has 0 rings (SSSR count). The maximum atomic E-state index is 12.3. The number of rotatable bonds is 6. The minimum atomic E-state index is -0.805. The summed E-state index contributed by atoms with van der Waals surface area (Å²) < 4.78 is 10.5. The molecule has 140 valence electrons. The molecule has 8 nitrogen and oxygen atoms in total. The van der Waals surface area contributed by atoms with Crippen LogP contribution in [0.4, 0.5) is 4.79 Å². The standard InChI is InChI=1S/C15H30N4O4S/c1-14(2,3)22-11(20)10(8-7-9-17-12(24)19-16)18-13(21)23-15(4,5)6/h10H,7-9,16H2,1-6H3,(H,18,21)(H2,17,19,24)/t10-/m0/s1. The van der Waals surface area contributed by atoms with E-state index in [9.17, 15) is 9.59 Å². The third-order valence-electron chi connectivity index (χ3n) is 2.47. The number of hydrogen-bond acceptors (Lipinski definition) is 6. The lowest BCUT2D eigenvalue weighted by molar-refractivity contribution is -0.157. The van der Waals surface area contributed by atoms with Gasteiger partial charge in [-0.1, -0.05) is 0 Å². The highest BCUT2D eigenvalue weighted by molar-refractivity contribution is 7.80. The summed E-state index contributed by atoms with van der Waals surface area (Å²) >= 11 is 4.86. The van der Waals surface area contributed by atoms with Crippen molar-refractivity contribution in [3.8, 4) is 0 Å². The second-order valence-electron chi connectivity index (χ2n) is 7.27. The Morgan fingerprint density at radius 3 is 2.08 bits per heavy atom. The molecule has 24 heavy (non-hydrogen) atoms. The van der Waals surface area contributed by atoms with Gasteiger partial charge < -0.3 is 25.5 Å². The molecule has 0 aliphatic carbocycles. The third kappa shape index (κ3) is 11.9. The Hall–Kier alpha value is -1.61. The van der Waals surface area contributed by atoms with Gasteiger partial charge in [0.05, 0.1) is 0 Å². The molecule has 0 bridgehead atoms. The van der Waals surface area contributed by atoms with Gasteiger partial charge in [-0.2, -0.15) is 0 Å². The first-order chi connectivity index (χ1) is 10.8. The quantitative estimate of drug-likeness (QED) is 0.184. The van der Waals surface area contributed by atoms with Crippen molar-refractivity contribution in [2.75, 3.05) is 6.54 Å². The zero-order chi connectivity index (χ0) is 19.0. The predicted molar refractivity (Wildman–Crippen MR) is 96.2 cm³/mol. The Morgan fingerprint density at radius 2 is 1.62 bits per heavy atom. The second-order valence-corrected chi connectivity index (χ2v) is 7.68. The smallest absolute Gasteiger partial charge is 0.408 e. The van der Waals surface area contributed by atoms with Gasteiger partial charge in [0.25, 0.3) is 0 Å². The first-order valence-electron chi connectivity index (χ1n) is 7.81. The molecule has 0 unspecified atom stereocenters. The van der Waals surface area contributed by atoms with Crippen molar-refractivity contribution in [3.05, 3.63) is 0 Å². The lowest BCUT2D eigenvalue weighted by Crippen LogP contribution is -2.46. The largest absolute Gasteiger partial charge is 0.458 e. The summed E-state index contributed by atoms with van der Waals surface area (Å²) in [5.41, 5.74) is 1.01. The summed E-state index contributed by atoms with van der Waals surface area (Å²) in [4.78, 5) is 24.2. The molecular formula is C15H30N4O4S. The van der Waals surface area contributed by atoms with Crippen LogP contribution in [-0.2, 0) is 14.3 Å². The van der Waals surface area contributed by atoms with E-state index in [1.54, 1.807) is 41.5 Å². The number of hydrogen-bond donors (Lipinski definition) is 4. The zero-order valence-electron chi connectivity index (χ0n) is 15.3. The number of esters is 1. The summed E-state index contributed by atoms with van der Waals surface area (Å²) in [7, 11) is 0. The van der Waals surface area contributed by atoms with Crippen LogP contribution < -0.4 is 21.9 Å². The van der Waals surface area contributed by atoms with Crippen molar-refractivity contribution < 1.29 is 19.1 Å². The third-order valence-corrected chi connectivity index (χ3v) is 2.73. The minimum Gasteiger partial charge on any atom is -0.458 e. The van der Waals surface area contributed by atoms with Crippen LogP contribution >= 0.6 is 12.2 Å². The predicted octanol–water partition coefficient (Wildman–Crippen LogP) is 1.34. The number of carbonyl (C=O) groups excluding carboxylic acids is 2. The van der Waals surface area contributed by atoms with E-state index in [2.05, 4.69) is 16.1 Å². The maximum Gasteiger partial charge on any atom is 0.408 e. The number of amides is 1. The SMILES string of the molecule is CC(C)(C)OC(=O)N[C@@H](CCCNC(=S)NN)C(=O)OC(C)(C)C. The number of hydrazine groups is 1. The van der Waals surface area contributed by atoms with Crippen LogP contribution in [-0.4, -0.2) is 41.0 Å². The molecule has 0 aliphatic heterocycles. The monoisotopic (exact) mass is 362 g/mol. The van der Waals surface area contributed by atoms with E-state index in [-0.39, 0.29) is 0 Å². The fourth-order valence-electron chi connectivity index (χ4n) is 1.63. The van der Waals surface area contributed by atoms with Crippen LogP contribution in [0.2, 0.25) is 0 Å². The van der Waals surface area contributed by atoms with Crippen LogP contribution in [0.25, 0.3) is 0 Å². The molecule has 0 radical (unpaired) electrons. The number of carbonyl (C=O) groups is 2. The van der Waals surface area contributed by atoms with Crippen molar-refractivity contribution >= 4 is 29.4 Å². The van der Waals surface area contributed by atoms with Crippen molar-refractivity contribution in [3.63, 3.8) is 0 Å². The summed E-state index contributed by atoms with van der Waals surface area (Å²) in [6, 6.07) is -0.805. The van der Waals surface area contributed by atoms with E-state index in [4.69, 9.17) is 27.5 Å². The first-order valence-corrected chi connectivity index (χ1v) is 8.21. The van der Waals surface area contributed by atoms with Gasteiger partial charge in [0, 0.05) is 6.54 Å². The fraction of sp³-hybridized carbons (Fsp3) is 0.800. The molecule has 0 aromatic carbocycles. The molecule has 0 saturated heterocycles. The van der Waals surface area contributed by atoms with Crippen LogP contribution in [0, 0.1) is 0 Å². The average molecular weight is 362 g/mol. The van der Waals surface area contributed by atoms with Gasteiger partial charge in [-0.05, 0) is 66.6 Å². The molecule has 0 aromatic heterocycles. The highest BCUT2D eigenvalue weighted by atomic mass is 32.1. The summed E-state index contributed by atoms with van der Waals surface area (Å²) in [6.45, 7) is 11.0. The van der Waals surface area contributed by atoms with Gasteiger partial charge in [-0.15, -0.1) is 0 Å². The average Bonchev–Trinajstić information content (AvgIpc) is 2.37. The highest BCUT2D eigenvalue weighted by Crippen LogP contribution is 2.12. The van der Waals surface area contributed by atoms with Gasteiger partial charge in [0.1, 0.15) is 17.2 Å². The lowest BCUT2D eigenvalue weighted by atomic mass is 10.1. The lowest BCUT2D eigenvalue weighted by Gasteiger charge is -2.26. The number of nitrogens with one attached hydrogen (secondary N) is 3. The number of thiocarbonyl (C=S) groups is 1. The van der Waals surface area contributed by atoms with Gasteiger partial charge in [-0.25, -0.2) is 15.4 Å². The summed E-state index contributed by atoms with van der Waals surface area (Å²) in [6.07, 6.45) is 0.279. The normalized spacial score (nSPS) is 12.8. The minimum absolute atomic E-state index is 0.309. The van der Waals surface area contributed by atoms with E-state index in [1.165, 1.54) is 0 Å². The Balaban J connectivity index is 4.68. The molecule has 0 spiro atoms. The number of nitrogens with two attached hydrogens (primary N) is 1. The van der Waals surface area contributed by atoms with Crippen LogP contribution in [0.3, 0.4) is 0 Å². The Morgan fingerprint density at radius 1 is 1.08 bits per heavy atom. The van der Waals surface area contributed by atoms with Gasteiger partial charge in [0.15, 0.2) is 5.11 Å². The van der Waals surface area contributed by atoms with Crippen LogP contribution in [0.5, 0.6) is 0 Å². The maximum absolute atomic E-state index is 12.3. The summed E-state index contributed by atoms with van der Waals surface area (Å²) in [5, 5.41) is 5.74. The van der Waals surface area contributed by atoms with Crippen molar-refractivity contribution in [1.82, 2.24) is 16.1 Å². The van der Waals surface area contributed by atoms with E-state index in [1.807, 2.05) is 0 Å². The molecule has 5 N–H and O–H groups in total. The van der Waals surface area contributed by atoms with E-state index >= 15 is 0 Å². The van der Waals surface area contributed by atoms with E-state index < -0.39 is 29.3 Å². The van der Waals surface area contributed by atoms with Gasteiger partial charge in [-0.3, -0.25) is 0 Å².